The summed E-state index contributed by atoms with van der Waals surface area (Å²) in [5, 5.41) is 7.76. The Labute approximate surface area is 436 Å². The molecule has 73 heavy (non-hydrogen) atoms. The number of hydrogen-bond donors (Lipinski definition) is 0. The molecule has 0 saturated carbocycles. The van der Waals surface area contributed by atoms with Crippen molar-refractivity contribution in [3.05, 3.63) is 232 Å². The molecule has 0 aromatic heterocycles. The first-order chi connectivity index (χ1) is 35.2. The van der Waals surface area contributed by atoms with Crippen LogP contribution in [0.4, 0.5) is 34.1 Å². The quantitative estimate of drug-likeness (QED) is 0.0792. The van der Waals surface area contributed by atoms with E-state index >= 15 is 0 Å². The lowest BCUT2D eigenvalue weighted by molar-refractivity contribution is 0.866. The minimum Gasteiger partial charge on any atom is -0.310 e. The van der Waals surface area contributed by atoms with Gasteiger partial charge in [0.25, 0.3) is 0 Å². The van der Waals surface area contributed by atoms with Gasteiger partial charge in [0.05, 0.1) is 17.1 Å². The molecule has 0 amide bonds. The molecule has 0 N–H and O–H groups in total. The smallest absolute Gasteiger partial charge is 0.0543 e. The van der Waals surface area contributed by atoms with Gasteiger partial charge >= 0.3 is 0 Å². The summed E-state index contributed by atoms with van der Waals surface area (Å²) in [6.45, 7) is 36.0. The Kier molecular flexibility index (Phi) is 13.2. The van der Waals surface area contributed by atoms with Crippen LogP contribution in [0, 0.1) is 13.8 Å². The van der Waals surface area contributed by atoms with Gasteiger partial charge in [0.2, 0.25) is 0 Å². The summed E-state index contributed by atoms with van der Waals surface area (Å²) < 4.78 is 0. The van der Waals surface area contributed by atoms with Crippen molar-refractivity contribution in [1.29, 1.82) is 0 Å². The van der Waals surface area contributed by atoms with Crippen LogP contribution < -0.4 is 9.80 Å². The topological polar surface area (TPSA) is 6.48 Å². The first-order valence-corrected chi connectivity index (χ1v) is 26.7. The highest BCUT2D eigenvalue weighted by Crippen LogP contribution is 2.53. The van der Waals surface area contributed by atoms with E-state index in [1.165, 1.54) is 116 Å². The molecule has 0 saturated heterocycles. The Bertz CT molecular complexity index is 3660. The molecule has 1 aliphatic rings. The molecular formula is C71H72N2. The summed E-state index contributed by atoms with van der Waals surface area (Å²) in [4.78, 5) is 5.14. The Balaban J connectivity index is 1.31. The highest BCUT2D eigenvalue weighted by atomic mass is 15.2. The fraction of sp³-hybridized carbons (Fsp3) is 0.239. The van der Waals surface area contributed by atoms with Crippen LogP contribution in [-0.2, 0) is 6.42 Å². The first-order valence-electron chi connectivity index (χ1n) is 26.7. The highest BCUT2D eigenvalue weighted by Gasteiger charge is 2.30. The van der Waals surface area contributed by atoms with Crippen molar-refractivity contribution in [2.75, 3.05) is 9.80 Å². The van der Waals surface area contributed by atoms with E-state index in [1.807, 2.05) is 12.2 Å². The molecule has 0 unspecified atom stereocenters. The molecule has 366 valence electrons. The number of anilines is 6. The van der Waals surface area contributed by atoms with E-state index in [4.69, 9.17) is 0 Å². The Hall–Kier alpha value is -7.42. The van der Waals surface area contributed by atoms with Gasteiger partial charge in [0.1, 0.15) is 0 Å². The zero-order valence-electron chi connectivity index (χ0n) is 45.3. The highest BCUT2D eigenvalue weighted by molar-refractivity contribution is 6.29. The van der Waals surface area contributed by atoms with Crippen molar-refractivity contribution >= 4 is 72.0 Å². The van der Waals surface area contributed by atoms with Crippen LogP contribution in [0.1, 0.15) is 143 Å². The van der Waals surface area contributed by atoms with Crippen LogP contribution in [-0.4, -0.2) is 0 Å². The molecule has 0 fully saturated rings. The summed E-state index contributed by atoms with van der Waals surface area (Å²) in [5.74, 6) is 1.37. The van der Waals surface area contributed by atoms with Crippen LogP contribution in [0.15, 0.2) is 182 Å². The summed E-state index contributed by atoms with van der Waals surface area (Å²) in [5.41, 5.74) is 24.9. The maximum absolute atomic E-state index is 4.37. The van der Waals surface area contributed by atoms with Gasteiger partial charge in [-0.3, -0.25) is 0 Å². The molecule has 0 radical (unpaired) electrons. The molecule has 9 aromatic rings. The predicted molar refractivity (Wildman–Crippen MR) is 320 cm³/mol. The maximum Gasteiger partial charge on any atom is 0.0543 e. The average Bonchev–Trinajstić information content (AvgIpc) is 3.79. The standard InChI is InChI=1S/C71H72N2/c1-15-46(12)53(16-2)54(17-3)55-22-19-25-66(48(55)14)72(51-31-27-49(28-32-51)42(4)5)68-40-62(44(8)9)58-36-38-61-69(41-63(45(10)11)59-35-37-60(68)70(58)71(59)61)73(52-33-29-50(30-34-52)43(6)7)67-26-20-24-57-56-23-18-21-47(13)64(56)39-65(57)67/h15-38,40-45H,2-3,39H2,1,4-14H3/b46-15-,54-53+. The number of allylic oxidation sites excluding steroid dienone is 6. The molecule has 1 aliphatic carbocycles. The maximum atomic E-state index is 4.37. The van der Waals surface area contributed by atoms with E-state index in [0.717, 1.165) is 34.5 Å². The molecule has 2 heteroatoms. The van der Waals surface area contributed by atoms with Gasteiger partial charge in [-0.05, 0) is 199 Å². The number of fused-ring (bicyclic) bond motifs is 3. The van der Waals surface area contributed by atoms with E-state index in [9.17, 15) is 0 Å². The Morgan fingerprint density at radius 1 is 0.493 bits per heavy atom. The van der Waals surface area contributed by atoms with Gasteiger partial charge in [-0.25, -0.2) is 0 Å². The molecule has 9 aromatic carbocycles. The normalized spacial score (nSPS) is 13.0. The van der Waals surface area contributed by atoms with Gasteiger partial charge in [0.15, 0.2) is 0 Å². The van der Waals surface area contributed by atoms with Crippen LogP contribution in [0.5, 0.6) is 0 Å². The molecule has 0 heterocycles. The minimum absolute atomic E-state index is 0.257. The molecule has 0 aliphatic heterocycles. The van der Waals surface area contributed by atoms with Gasteiger partial charge in [0, 0.05) is 34.3 Å². The zero-order chi connectivity index (χ0) is 51.6. The summed E-state index contributed by atoms with van der Waals surface area (Å²) >= 11 is 0. The van der Waals surface area contributed by atoms with Crippen molar-refractivity contribution in [1.82, 2.24) is 0 Å². The van der Waals surface area contributed by atoms with Crippen LogP contribution in [0.2, 0.25) is 0 Å². The second kappa shape index (κ2) is 19.5. The third-order valence-corrected chi connectivity index (χ3v) is 16.1. The van der Waals surface area contributed by atoms with E-state index in [1.54, 1.807) is 0 Å². The van der Waals surface area contributed by atoms with E-state index in [2.05, 4.69) is 252 Å². The lowest BCUT2D eigenvalue weighted by Gasteiger charge is -2.33. The van der Waals surface area contributed by atoms with Crippen molar-refractivity contribution in [3.63, 3.8) is 0 Å². The molecule has 0 bridgehead atoms. The van der Waals surface area contributed by atoms with Gasteiger partial charge in [-0.15, -0.1) is 0 Å². The van der Waals surface area contributed by atoms with Crippen LogP contribution in [0.3, 0.4) is 0 Å². The third kappa shape index (κ3) is 8.30. The number of nitrogens with zero attached hydrogens (tertiary/aromatic N) is 2. The minimum atomic E-state index is 0.257. The monoisotopic (exact) mass is 953 g/mol. The second-order valence-corrected chi connectivity index (χ2v) is 21.8. The van der Waals surface area contributed by atoms with Gasteiger partial charge in [-0.2, -0.15) is 0 Å². The first kappa shape index (κ1) is 49.2. The fourth-order valence-electron chi connectivity index (χ4n) is 11.9. The van der Waals surface area contributed by atoms with E-state index in [0.29, 0.717) is 11.8 Å². The second-order valence-electron chi connectivity index (χ2n) is 21.8. The molecule has 0 atom stereocenters. The summed E-state index contributed by atoms with van der Waals surface area (Å²) in [6.07, 6.45) is 7.04. The summed E-state index contributed by atoms with van der Waals surface area (Å²) in [6, 6.07) is 53.9. The lowest BCUT2D eigenvalue weighted by Crippen LogP contribution is -2.15. The third-order valence-electron chi connectivity index (χ3n) is 16.1. The number of benzene rings is 9. The SMILES string of the molecule is C=CC(/C(C)=C\C)=C(/C=C)c1cccc(N(c2ccc(C(C)C)cc2)c2cc(C(C)C)c3ccc4c(N(c5ccc(C(C)C)cc5)c5cccc6c5Cc5c(C)cccc5-6)cc(C(C)C)c5ccc2c3c54)c1C. The number of rotatable bonds is 14. The van der Waals surface area contributed by atoms with Crippen molar-refractivity contribution in [2.24, 2.45) is 0 Å². The molecule has 2 nitrogen and oxygen atoms in total. The Morgan fingerprint density at radius 3 is 1.44 bits per heavy atom. The van der Waals surface area contributed by atoms with Crippen LogP contribution in [0.25, 0.3) is 49.0 Å². The largest absolute Gasteiger partial charge is 0.310 e. The fourth-order valence-corrected chi connectivity index (χ4v) is 11.9. The summed E-state index contributed by atoms with van der Waals surface area (Å²) in [7, 11) is 0. The Morgan fingerprint density at radius 2 is 0.959 bits per heavy atom. The lowest BCUT2D eigenvalue weighted by atomic mass is 9.83. The molecule has 10 rings (SSSR count). The molecule has 0 spiro atoms. The number of aryl methyl sites for hydroxylation is 1. The van der Waals surface area contributed by atoms with Crippen molar-refractivity contribution < 1.29 is 0 Å². The predicted octanol–water partition coefficient (Wildman–Crippen LogP) is 21.3. The van der Waals surface area contributed by atoms with Crippen molar-refractivity contribution in [3.8, 4) is 11.1 Å². The van der Waals surface area contributed by atoms with Crippen molar-refractivity contribution in [2.45, 2.75) is 113 Å². The average molecular weight is 953 g/mol. The van der Waals surface area contributed by atoms with Gasteiger partial charge < -0.3 is 9.80 Å². The van der Waals surface area contributed by atoms with E-state index < -0.39 is 0 Å². The molecular weight excluding hydrogens is 881 g/mol. The number of hydrogen-bond acceptors (Lipinski definition) is 2. The van der Waals surface area contributed by atoms with E-state index in [-0.39, 0.29) is 11.8 Å². The van der Waals surface area contributed by atoms with Gasteiger partial charge in [-0.1, -0.05) is 178 Å². The zero-order valence-corrected chi connectivity index (χ0v) is 45.3. The van der Waals surface area contributed by atoms with Crippen LogP contribution >= 0.6 is 0 Å².